The van der Waals surface area contributed by atoms with Crippen molar-refractivity contribution in [2.45, 2.75) is 219 Å². The zero-order chi connectivity index (χ0) is 51.3. The molecule has 2 N–H and O–H groups in total. The van der Waals surface area contributed by atoms with E-state index in [1.807, 2.05) is 27.2 Å². The standard InChI is InChI=1S/C61H105N2O6P/c1-6-8-10-12-14-16-18-20-22-24-25-26-27-28-29-30-31-32-33-34-35-36-37-39-41-43-45-47-49-51-53-55-61(65)62-59(58-69-70(66,67)68-57-56-63(3,4)5)60(64)54-52-50-48-46-44-42-40-38-23-21-19-17-15-13-11-9-7-2/h8,10,14,16,20,22,25-26,28-29,31-32,34-35,37,39,44,46,52,54,59-60,64H,6-7,9,11-13,15,17-19,21,23-24,27,30,33,36,38,40-43,45,47-51,53,55-58H2,1-5H3,(H-,62,65,66,67)/b10-8-,16-14-,22-20-,26-25-,29-28-,32-31-,35-34-,39-37-,46-44+,54-52+. The van der Waals surface area contributed by atoms with Gasteiger partial charge < -0.3 is 28.8 Å². The van der Waals surface area contributed by atoms with E-state index < -0.39 is 26.6 Å². The number of carbonyl (C=O) groups excluding carboxylic acids is 1. The molecule has 1 amide bonds. The molecular formula is C61H105N2O6P. The predicted octanol–water partition coefficient (Wildman–Crippen LogP) is 16.3. The van der Waals surface area contributed by atoms with Crippen LogP contribution in [0.2, 0.25) is 0 Å². The number of quaternary nitrogens is 1. The quantitative estimate of drug-likeness (QED) is 0.0272. The predicted molar refractivity (Wildman–Crippen MR) is 302 cm³/mol. The lowest BCUT2D eigenvalue weighted by Gasteiger charge is -2.29. The number of aliphatic hydroxyl groups excluding tert-OH is 1. The molecule has 8 nitrogen and oxygen atoms in total. The minimum atomic E-state index is -4.62. The van der Waals surface area contributed by atoms with Gasteiger partial charge in [-0.05, 0) is 96.3 Å². The molecule has 3 unspecified atom stereocenters. The highest BCUT2D eigenvalue weighted by Crippen LogP contribution is 2.38. The molecule has 400 valence electrons. The van der Waals surface area contributed by atoms with Crippen molar-refractivity contribution in [2.24, 2.45) is 0 Å². The molecule has 0 bridgehead atoms. The molecule has 0 aromatic heterocycles. The van der Waals surface area contributed by atoms with Crippen LogP contribution in [0.5, 0.6) is 0 Å². The maximum Gasteiger partial charge on any atom is 0.268 e. The lowest BCUT2D eigenvalue weighted by molar-refractivity contribution is -0.870. The smallest absolute Gasteiger partial charge is 0.268 e. The Hall–Kier alpha value is -3.10. The second-order valence-electron chi connectivity index (χ2n) is 19.5. The summed E-state index contributed by atoms with van der Waals surface area (Å²) in [6, 6.07) is -0.921. The molecule has 0 aromatic carbocycles. The number of likely N-dealkylation sites (N-methyl/N-ethyl adjacent to an activating group) is 1. The molecule has 0 radical (unpaired) electrons. The van der Waals surface area contributed by atoms with Gasteiger partial charge >= 0.3 is 0 Å². The van der Waals surface area contributed by atoms with Gasteiger partial charge in [-0.15, -0.1) is 0 Å². The van der Waals surface area contributed by atoms with E-state index in [-0.39, 0.29) is 12.5 Å². The topological polar surface area (TPSA) is 108 Å². The Morgan fingerprint density at radius 3 is 1.33 bits per heavy atom. The Morgan fingerprint density at radius 1 is 0.514 bits per heavy atom. The van der Waals surface area contributed by atoms with E-state index in [1.54, 1.807) is 6.08 Å². The summed E-state index contributed by atoms with van der Waals surface area (Å²) < 4.78 is 23.3. The molecule has 0 aliphatic rings. The number of nitrogens with zero attached hydrogens (tertiary/aromatic N) is 1. The van der Waals surface area contributed by atoms with Crippen LogP contribution in [0.3, 0.4) is 0 Å². The van der Waals surface area contributed by atoms with Crippen molar-refractivity contribution < 1.29 is 32.9 Å². The summed E-state index contributed by atoms with van der Waals surface area (Å²) in [7, 11) is 1.21. The number of aliphatic hydroxyl groups is 1. The molecule has 70 heavy (non-hydrogen) atoms. The molecule has 3 atom stereocenters. The molecular weight excluding hydrogens is 888 g/mol. The lowest BCUT2D eigenvalue weighted by atomic mass is 10.1. The number of phosphoric acid groups is 1. The number of nitrogens with one attached hydrogen (secondary N) is 1. The van der Waals surface area contributed by atoms with Crippen LogP contribution in [0.15, 0.2) is 122 Å². The Kier molecular flexibility index (Phi) is 48.6. The summed E-state index contributed by atoms with van der Waals surface area (Å²) in [6.07, 6.45) is 75.5. The summed E-state index contributed by atoms with van der Waals surface area (Å²) in [5.41, 5.74) is 0. The Bertz CT molecular complexity index is 1550. The summed E-state index contributed by atoms with van der Waals surface area (Å²) in [6.45, 7) is 4.49. The number of rotatable bonds is 49. The Labute approximate surface area is 431 Å². The van der Waals surface area contributed by atoms with E-state index in [4.69, 9.17) is 9.05 Å². The molecule has 0 fully saturated rings. The van der Waals surface area contributed by atoms with Crippen LogP contribution < -0.4 is 10.2 Å². The van der Waals surface area contributed by atoms with Crippen LogP contribution in [-0.4, -0.2) is 68.5 Å². The second kappa shape index (κ2) is 50.8. The molecule has 0 saturated heterocycles. The van der Waals surface area contributed by atoms with Gasteiger partial charge in [0, 0.05) is 6.42 Å². The van der Waals surface area contributed by atoms with E-state index in [0.29, 0.717) is 17.4 Å². The second-order valence-corrected chi connectivity index (χ2v) is 21.0. The minimum Gasteiger partial charge on any atom is -0.756 e. The van der Waals surface area contributed by atoms with Crippen molar-refractivity contribution in [1.29, 1.82) is 0 Å². The van der Waals surface area contributed by atoms with Crippen molar-refractivity contribution in [3.63, 3.8) is 0 Å². The first-order valence-corrected chi connectivity index (χ1v) is 29.4. The lowest BCUT2D eigenvalue weighted by Crippen LogP contribution is -2.45. The van der Waals surface area contributed by atoms with Crippen molar-refractivity contribution >= 4 is 13.7 Å². The molecule has 0 spiro atoms. The zero-order valence-electron chi connectivity index (χ0n) is 45.4. The van der Waals surface area contributed by atoms with E-state index in [0.717, 1.165) is 116 Å². The average Bonchev–Trinajstić information content (AvgIpc) is 3.32. The number of hydrogen-bond donors (Lipinski definition) is 2. The third-order valence-electron chi connectivity index (χ3n) is 11.7. The van der Waals surface area contributed by atoms with Gasteiger partial charge in [0.1, 0.15) is 13.2 Å². The van der Waals surface area contributed by atoms with E-state index >= 15 is 0 Å². The molecule has 0 heterocycles. The fourth-order valence-corrected chi connectivity index (χ4v) is 8.02. The molecule has 9 heteroatoms. The molecule has 0 rings (SSSR count). The largest absolute Gasteiger partial charge is 0.756 e. The third-order valence-corrected chi connectivity index (χ3v) is 12.6. The number of unbranched alkanes of at least 4 members (excludes halogenated alkanes) is 18. The van der Waals surface area contributed by atoms with Gasteiger partial charge in [0.2, 0.25) is 5.91 Å². The monoisotopic (exact) mass is 993 g/mol. The Balaban J connectivity index is 4.32. The van der Waals surface area contributed by atoms with Crippen molar-refractivity contribution in [1.82, 2.24) is 5.32 Å². The highest BCUT2D eigenvalue weighted by atomic mass is 31.2. The molecule has 0 aromatic rings. The number of carbonyl (C=O) groups is 1. The fraction of sp³-hybridized carbons (Fsp3) is 0.656. The third kappa shape index (κ3) is 52.7. The first-order valence-electron chi connectivity index (χ1n) is 27.9. The highest BCUT2D eigenvalue weighted by Gasteiger charge is 2.23. The van der Waals surface area contributed by atoms with E-state index in [1.165, 1.54) is 70.6 Å². The van der Waals surface area contributed by atoms with Crippen molar-refractivity contribution in [2.75, 3.05) is 40.9 Å². The summed E-state index contributed by atoms with van der Waals surface area (Å²) >= 11 is 0. The van der Waals surface area contributed by atoms with Crippen molar-refractivity contribution in [3.05, 3.63) is 122 Å². The maximum absolute atomic E-state index is 12.9. The minimum absolute atomic E-state index is 0.0162. The fourth-order valence-electron chi connectivity index (χ4n) is 7.30. The number of hydrogen-bond acceptors (Lipinski definition) is 6. The average molecular weight is 993 g/mol. The highest BCUT2D eigenvalue weighted by molar-refractivity contribution is 7.45. The molecule has 0 aliphatic carbocycles. The van der Waals surface area contributed by atoms with Gasteiger partial charge in [0.25, 0.3) is 7.82 Å². The van der Waals surface area contributed by atoms with Crippen LogP contribution in [-0.2, 0) is 18.4 Å². The number of allylic oxidation sites excluding steroid dienone is 19. The van der Waals surface area contributed by atoms with Gasteiger partial charge in [-0.3, -0.25) is 9.36 Å². The van der Waals surface area contributed by atoms with Gasteiger partial charge in [-0.25, -0.2) is 0 Å². The van der Waals surface area contributed by atoms with Gasteiger partial charge in [0.05, 0.1) is 39.9 Å². The first-order chi connectivity index (χ1) is 34.0. The molecule has 0 saturated carbocycles. The van der Waals surface area contributed by atoms with Crippen LogP contribution in [0.4, 0.5) is 0 Å². The maximum atomic E-state index is 12.9. The zero-order valence-corrected chi connectivity index (χ0v) is 46.3. The van der Waals surface area contributed by atoms with Gasteiger partial charge in [-0.1, -0.05) is 225 Å². The van der Waals surface area contributed by atoms with Crippen LogP contribution in [0.1, 0.15) is 206 Å². The summed E-state index contributed by atoms with van der Waals surface area (Å²) in [4.78, 5) is 25.5. The van der Waals surface area contributed by atoms with Crippen LogP contribution in [0, 0.1) is 0 Å². The molecule has 0 aliphatic heterocycles. The normalized spacial score (nSPS) is 14.9. The summed E-state index contributed by atoms with van der Waals surface area (Å²) in [5, 5.41) is 13.8. The van der Waals surface area contributed by atoms with Gasteiger partial charge in [-0.2, -0.15) is 0 Å². The SMILES string of the molecule is CC/C=C\C/C=C\C/C=C\C/C=C\C/C=C\C/C=C\C/C=C\C/C=C\CCCCCCCCC(=O)NC(COP(=O)([O-])OCC[N+](C)(C)C)C(O)/C=C/CC/C=C/CCCCCCCCCCCCC. The van der Waals surface area contributed by atoms with Crippen LogP contribution >= 0.6 is 7.82 Å². The van der Waals surface area contributed by atoms with E-state index in [2.05, 4.69) is 129 Å². The number of phosphoric ester groups is 1. The van der Waals surface area contributed by atoms with E-state index in [9.17, 15) is 19.4 Å². The van der Waals surface area contributed by atoms with Crippen molar-refractivity contribution in [3.8, 4) is 0 Å². The Morgan fingerprint density at radius 2 is 0.886 bits per heavy atom. The first kappa shape index (κ1) is 66.9. The summed E-state index contributed by atoms with van der Waals surface area (Å²) in [5.74, 6) is -0.227. The van der Waals surface area contributed by atoms with Gasteiger partial charge in [0.15, 0.2) is 0 Å². The number of amides is 1. The van der Waals surface area contributed by atoms with Crippen LogP contribution in [0.25, 0.3) is 0 Å².